The Morgan fingerprint density at radius 3 is 2.06 bits per heavy atom. The topological polar surface area (TPSA) is 122 Å². The van der Waals surface area contributed by atoms with Crippen LogP contribution in [-0.4, -0.2) is 27.8 Å². The SMILES string of the molecule is CCCN(CCC)c1ccc(N=Nc2cc(C#N)c(C)c(C#N)c2)c(NS(C)(=O)=O)c1. The van der Waals surface area contributed by atoms with E-state index in [1.807, 2.05) is 18.2 Å². The molecule has 0 aliphatic heterocycles. The fourth-order valence-electron chi connectivity index (χ4n) is 3.10. The smallest absolute Gasteiger partial charge is 0.229 e. The van der Waals surface area contributed by atoms with Crippen LogP contribution in [0.15, 0.2) is 40.6 Å². The Labute approximate surface area is 183 Å². The van der Waals surface area contributed by atoms with Gasteiger partial charge >= 0.3 is 0 Å². The van der Waals surface area contributed by atoms with Gasteiger partial charge in [-0.3, -0.25) is 4.72 Å². The van der Waals surface area contributed by atoms with Crippen LogP contribution in [0.1, 0.15) is 43.4 Å². The van der Waals surface area contributed by atoms with E-state index in [1.165, 1.54) is 0 Å². The van der Waals surface area contributed by atoms with Crippen LogP contribution < -0.4 is 9.62 Å². The quantitative estimate of drug-likeness (QED) is 0.542. The number of benzene rings is 2. The Kier molecular flexibility index (Phi) is 8.12. The van der Waals surface area contributed by atoms with Gasteiger partial charge in [-0.25, -0.2) is 8.42 Å². The minimum absolute atomic E-state index is 0.314. The van der Waals surface area contributed by atoms with Crippen molar-refractivity contribution < 1.29 is 8.42 Å². The highest BCUT2D eigenvalue weighted by molar-refractivity contribution is 7.92. The second-order valence-electron chi connectivity index (χ2n) is 7.15. The van der Waals surface area contributed by atoms with Gasteiger partial charge in [0.15, 0.2) is 0 Å². The highest BCUT2D eigenvalue weighted by Crippen LogP contribution is 2.33. The van der Waals surface area contributed by atoms with Gasteiger partial charge in [0.2, 0.25) is 10.0 Å². The van der Waals surface area contributed by atoms with Crippen molar-refractivity contribution in [2.24, 2.45) is 10.2 Å². The number of rotatable bonds is 9. The van der Waals surface area contributed by atoms with Crippen LogP contribution in [0.2, 0.25) is 0 Å². The number of sulfonamides is 1. The number of azo groups is 1. The van der Waals surface area contributed by atoms with E-state index in [4.69, 9.17) is 0 Å². The van der Waals surface area contributed by atoms with Crippen molar-refractivity contribution in [1.29, 1.82) is 10.5 Å². The predicted octanol–water partition coefficient (Wildman–Crippen LogP) is 5.15. The van der Waals surface area contributed by atoms with Gasteiger partial charge in [-0.05, 0) is 55.7 Å². The molecule has 0 amide bonds. The summed E-state index contributed by atoms with van der Waals surface area (Å²) in [6, 6.07) is 12.5. The zero-order valence-corrected chi connectivity index (χ0v) is 19.0. The molecule has 0 aliphatic rings. The third-order valence-electron chi connectivity index (χ3n) is 4.53. The van der Waals surface area contributed by atoms with Crippen LogP contribution in [0.5, 0.6) is 0 Å². The average Bonchev–Trinajstić information content (AvgIpc) is 2.72. The normalized spacial score (nSPS) is 11.2. The third-order valence-corrected chi connectivity index (χ3v) is 5.12. The zero-order chi connectivity index (χ0) is 23.0. The molecule has 0 unspecified atom stereocenters. The van der Waals surface area contributed by atoms with E-state index >= 15 is 0 Å². The summed E-state index contributed by atoms with van der Waals surface area (Å²) in [6.07, 6.45) is 3.01. The maximum Gasteiger partial charge on any atom is 0.229 e. The summed E-state index contributed by atoms with van der Waals surface area (Å²) in [4.78, 5) is 2.19. The van der Waals surface area contributed by atoms with Gasteiger partial charge in [-0.1, -0.05) is 13.8 Å². The molecule has 2 aromatic carbocycles. The zero-order valence-electron chi connectivity index (χ0n) is 18.2. The first-order chi connectivity index (χ1) is 14.7. The molecule has 8 nitrogen and oxygen atoms in total. The van der Waals surface area contributed by atoms with E-state index in [1.54, 1.807) is 31.2 Å². The lowest BCUT2D eigenvalue weighted by molar-refractivity contribution is 0.607. The summed E-state index contributed by atoms with van der Waals surface area (Å²) >= 11 is 0. The van der Waals surface area contributed by atoms with Crippen molar-refractivity contribution in [1.82, 2.24) is 0 Å². The molecule has 0 fully saturated rings. The van der Waals surface area contributed by atoms with Crippen molar-refractivity contribution in [3.63, 3.8) is 0 Å². The molecule has 31 heavy (non-hydrogen) atoms. The lowest BCUT2D eigenvalue weighted by Gasteiger charge is -2.24. The van der Waals surface area contributed by atoms with Crippen LogP contribution >= 0.6 is 0 Å². The summed E-state index contributed by atoms with van der Waals surface area (Å²) in [5, 5.41) is 26.9. The summed E-state index contributed by atoms with van der Waals surface area (Å²) in [6.45, 7) is 7.58. The maximum atomic E-state index is 11.9. The van der Waals surface area contributed by atoms with Gasteiger partial charge in [-0.2, -0.15) is 15.6 Å². The van der Waals surface area contributed by atoms with Crippen LogP contribution in [-0.2, 0) is 10.0 Å². The predicted molar refractivity (Wildman–Crippen MR) is 122 cm³/mol. The highest BCUT2D eigenvalue weighted by atomic mass is 32.2. The number of nitrogens with one attached hydrogen (secondary N) is 1. The molecule has 0 bridgehead atoms. The summed E-state index contributed by atoms with van der Waals surface area (Å²) in [5.41, 5.74) is 3.14. The Bertz CT molecular complexity index is 1120. The number of nitrogens with zero attached hydrogens (tertiary/aromatic N) is 5. The third kappa shape index (κ3) is 6.53. The molecule has 9 heteroatoms. The van der Waals surface area contributed by atoms with E-state index in [0.717, 1.165) is 37.9 Å². The summed E-state index contributed by atoms with van der Waals surface area (Å²) < 4.78 is 26.3. The van der Waals surface area contributed by atoms with Crippen molar-refractivity contribution in [2.45, 2.75) is 33.6 Å². The monoisotopic (exact) mass is 438 g/mol. The Hall–Kier alpha value is -3.43. The lowest BCUT2D eigenvalue weighted by Crippen LogP contribution is -2.25. The molecule has 0 heterocycles. The first kappa shape index (κ1) is 23.8. The highest BCUT2D eigenvalue weighted by Gasteiger charge is 2.13. The molecular formula is C22H26N6O2S. The number of hydrogen-bond donors (Lipinski definition) is 1. The number of anilines is 2. The molecule has 0 aromatic heterocycles. The first-order valence-electron chi connectivity index (χ1n) is 9.95. The van der Waals surface area contributed by atoms with Gasteiger partial charge in [0.1, 0.15) is 5.69 Å². The van der Waals surface area contributed by atoms with Crippen molar-refractivity contribution >= 4 is 32.8 Å². The average molecular weight is 439 g/mol. The molecule has 162 valence electrons. The van der Waals surface area contributed by atoms with Gasteiger partial charge in [-0.15, -0.1) is 5.11 Å². The van der Waals surface area contributed by atoms with E-state index in [9.17, 15) is 18.9 Å². The van der Waals surface area contributed by atoms with Crippen LogP contribution in [0.4, 0.5) is 22.7 Å². The Morgan fingerprint density at radius 2 is 1.58 bits per heavy atom. The minimum atomic E-state index is -3.53. The molecule has 0 spiro atoms. The van der Waals surface area contributed by atoms with Crippen LogP contribution in [0.3, 0.4) is 0 Å². The second kappa shape index (κ2) is 10.6. The van der Waals surface area contributed by atoms with Crippen LogP contribution in [0.25, 0.3) is 0 Å². The molecule has 1 N–H and O–H groups in total. The van der Waals surface area contributed by atoms with Crippen molar-refractivity contribution in [2.75, 3.05) is 29.0 Å². The minimum Gasteiger partial charge on any atom is -0.371 e. The Balaban J connectivity index is 2.50. The number of nitriles is 2. The summed E-state index contributed by atoms with van der Waals surface area (Å²) in [7, 11) is -3.53. The molecule has 0 saturated carbocycles. The van der Waals surface area contributed by atoms with E-state index < -0.39 is 10.0 Å². The molecule has 2 aromatic rings. The summed E-state index contributed by atoms with van der Waals surface area (Å²) in [5.74, 6) is 0. The molecule has 0 saturated heterocycles. The van der Waals surface area contributed by atoms with Gasteiger partial charge < -0.3 is 4.90 Å². The van der Waals surface area contributed by atoms with Gasteiger partial charge in [0.05, 0.1) is 40.9 Å². The Morgan fingerprint density at radius 1 is 1.00 bits per heavy atom. The number of hydrogen-bond acceptors (Lipinski definition) is 7. The largest absolute Gasteiger partial charge is 0.371 e. The van der Waals surface area contributed by atoms with E-state index in [0.29, 0.717) is 33.8 Å². The van der Waals surface area contributed by atoms with Crippen molar-refractivity contribution in [3.05, 3.63) is 47.0 Å². The maximum absolute atomic E-state index is 11.9. The first-order valence-corrected chi connectivity index (χ1v) is 11.8. The van der Waals surface area contributed by atoms with Gasteiger partial charge in [0.25, 0.3) is 0 Å². The van der Waals surface area contributed by atoms with E-state index in [-0.39, 0.29) is 0 Å². The molecular weight excluding hydrogens is 412 g/mol. The van der Waals surface area contributed by atoms with E-state index in [2.05, 4.69) is 33.7 Å². The molecule has 0 radical (unpaired) electrons. The molecule has 2 rings (SSSR count). The van der Waals surface area contributed by atoms with Gasteiger partial charge in [0, 0.05) is 18.8 Å². The van der Waals surface area contributed by atoms with Crippen LogP contribution in [0, 0.1) is 29.6 Å². The molecule has 0 atom stereocenters. The lowest BCUT2D eigenvalue weighted by atomic mass is 10.0. The fraction of sp³-hybridized carbons (Fsp3) is 0.364. The molecule has 0 aliphatic carbocycles. The second-order valence-corrected chi connectivity index (χ2v) is 8.90. The van der Waals surface area contributed by atoms with Crippen molar-refractivity contribution in [3.8, 4) is 12.1 Å². The standard InChI is InChI=1S/C22H26N6O2S/c1-5-9-28(10-6-2)20-7-8-21(22(13-20)27-31(4,29)30)26-25-19-11-17(14-23)16(3)18(12-19)15-24/h7-8,11-13,27H,5-6,9-10H2,1-4H3. The fourth-order valence-corrected chi connectivity index (χ4v) is 3.66.